The molecule has 16 heavy (non-hydrogen) atoms. The molecule has 1 aliphatic heterocycles. The van der Waals surface area contributed by atoms with E-state index < -0.39 is 0 Å². The normalized spacial score (nSPS) is 18.7. The van der Waals surface area contributed by atoms with Gasteiger partial charge in [0.15, 0.2) is 5.82 Å². The lowest BCUT2D eigenvalue weighted by Gasteiger charge is -2.21. The second-order valence-electron chi connectivity index (χ2n) is 4.00. The van der Waals surface area contributed by atoms with E-state index in [2.05, 4.69) is 20.2 Å². The average Bonchev–Trinajstić information content (AvgIpc) is 2.43. The third-order valence-electron chi connectivity index (χ3n) is 2.73. The number of halogens is 1. The highest BCUT2D eigenvalue weighted by Gasteiger charge is 2.10. The predicted molar refractivity (Wildman–Crippen MR) is 60.9 cm³/mol. The maximum atomic E-state index is 12.7. The molecule has 88 valence electrons. The lowest BCUT2D eigenvalue weighted by Crippen LogP contribution is -2.33. The summed E-state index contributed by atoms with van der Waals surface area (Å²) < 4.78 is 12.7. The van der Waals surface area contributed by atoms with Crippen LogP contribution in [0.15, 0.2) is 12.4 Å². The minimum atomic E-state index is -0.383. The molecule has 0 bridgehead atoms. The number of anilines is 1. The zero-order valence-corrected chi connectivity index (χ0v) is 9.32. The van der Waals surface area contributed by atoms with E-state index in [1.54, 1.807) is 0 Å². The number of nitrogens with one attached hydrogen (secondary N) is 1. The Bertz CT molecular complexity index is 304. The fourth-order valence-electron chi connectivity index (χ4n) is 1.85. The van der Waals surface area contributed by atoms with Gasteiger partial charge in [0, 0.05) is 19.6 Å². The molecule has 1 aromatic rings. The summed E-state index contributed by atoms with van der Waals surface area (Å²) in [6.07, 6.45) is 6.02. The van der Waals surface area contributed by atoms with Gasteiger partial charge in [0.05, 0.1) is 12.4 Å². The van der Waals surface area contributed by atoms with Crippen LogP contribution >= 0.6 is 0 Å². The highest BCUT2D eigenvalue weighted by molar-refractivity contribution is 5.28. The molecule has 4 nitrogen and oxygen atoms in total. The van der Waals surface area contributed by atoms with E-state index in [0.29, 0.717) is 5.95 Å². The van der Waals surface area contributed by atoms with Crippen molar-refractivity contribution in [2.24, 2.45) is 0 Å². The Balaban J connectivity index is 2.01. The summed E-state index contributed by atoms with van der Waals surface area (Å²) >= 11 is 0. The van der Waals surface area contributed by atoms with Gasteiger partial charge in [-0.15, -0.1) is 0 Å². The second kappa shape index (κ2) is 5.75. The van der Waals surface area contributed by atoms with E-state index in [4.69, 9.17) is 0 Å². The van der Waals surface area contributed by atoms with Crippen LogP contribution in [0, 0.1) is 5.82 Å². The summed E-state index contributed by atoms with van der Waals surface area (Å²) in [5, 5.41) is 3.37. The molecule has 0 saturated carbocycles. The second-order valence-corrected chi connectivity index (χ2v) is 4.00. The summed E-state index contributed by atoms with van der Waals surface area (Å²) in [5.41, 5.74) is 0. The van der Waals surface area contributed by atoms with Crippen molar-refractivity contribution in [1.82, 2.24) is 15.3 Å². The van der Waals surface area contributed by atoms with Gasteiger partial charge < -0.3 is 10.2 Å². The molecule has 2 rings (SSSR count). The summed E-state index contributed by atoms with van der Waals surface area (Å²) in [7, 11) is 0. The maximum absolute atomic E-state index is 12.7. The van der Waals surface area contributed by atoms with Crippen LogP contribution in [-0.2, 0) is 0 Å². The molecule has 1 fully saturated rings. The number of rotatable bonds is 1. The third kappa shape index (κ3) is 3.13. The Morgan fingerprint density at radius 2 is 1.88 bits per heavy atom. The smallest absolute Gasteiger partial charge is 0.225 e. The quantitative estimate of drug-likeness (QED) is 0.778. The van der Waals surface area contributed by atoms with E-state index in [1.807, 2.05) is 0 Å². The van der Waals surface area contributed by atoms with Gasteiger partial charge in [-0.1, -0.05) is 6.42 Å². The fourth-order valence-corrected chi connectivity index (χ4v) is 1.85. The highest BCUT2D eigenvalue weighted by Crippen LogP contribution is 2.09. The van der Waals surface area contributed by atoms with Crippen LogP contribution in [0.25, 0.3) is 0 Å². The molecule has 0 unspecified atom stereocenters. The molecule has 0 spiro atoms. The summed E-state index contributed by atoms with van der Waals surface area (Å²) in [6, 6.07) is 0. The van der Waals surface area contributed by atoms with Gasteiger partial charge in [-0.25, -0.2) is 14.4 Å². The molecular weight excluding hydrogens is 207 g/mol. The van der Waals surface area contributed by atoms with Crippen molar-refractivity contribution in [2.45, 2.75) is 19.3 Å². The van der Waals surface area contributed by atoms with Crippen molar-refractivity contribution < 1.29 is 4.39 Å². The minimum absolute atomic E-state index is 0.383. The third-order valence-corrected chi connectivity index (χ3v) is 2.73. The van der Waals surface area contributed by atoms with Gasteiger partial charge in [-0.3, -0.25) is 0 Å². The molecule has 0 aromatic carbocycles. The van der Waals surface area contributed by atoms with E-state index in [9.17, 15) is 4.39 Å². The lowest BCUT2D eigenvalue weighted by atomic mass is 10.2. The topological polar surface area (TPSA) is 41.1 Å². The molecule has 5 heteroatoms. The molecule has 0 radical (unpaired) electrons. The van der Waals surface area contributed by atoms with Crippen LogP contribution in [0.3, 0.4) is 0 Å². The van der Waals surface area contributed by atoms with Gasteiger partial charge in [0.1, 0.15) is 0 Å². The van der Waals surface area contributed by atoms with E-state index >= 15 is 0 Å². The van der Waals surface area contributed by atoms with Crippen LogP contribution in [0.5, 0.6) is 0 Å². The number of hydrogen-bond acceptors (Lipinski definition) is 4. The molecule has 0 atom stereocenters. The van der Waals surface area contributed by atoms with Gasteiger partial charge in [-0.05, 0) is 19.4 Å². The Morgan fingerprint density at radius 3 is 2.69 bits per heavy atom. The first-order valence-corrected chi connectivity index (χ1v) is 5.79. The summed E-state index contributed by atoms with van der Waals surface area (Å²) in [4.78, 5) is 10.1. The van der Waals surface area contributed by atoms with Crippen molar-refractivity contribution in [3.63, 3.8) is 0 Å². The van der Waals surface area contributed by atoms with Crippen molar-refractivity contribution in [2.75, 3.05) is 31.1 Å². The first-order chi connectivity index (χ1) is 7.86. The summed E-state index contributed by atoms with van der Waals surface area (Å²) in [6.45, 7) is 3.85. The van der Waals surface area contributed by atoms with E-state index in [0.717, 1.165) is 32.6 Å². The number of hydrogen-bond donors (Lipinski definition) is 1. The minimum Gasteiger partial charge on any atom is -0.340 e. The predicted octanol–water partition coefficient (Wildman–Crippen LogP) is 1.20. The number of nitrogens with zero attached hydrogens (tertiary/aromatic N) is 3. The largest absolute Gasteiger partial charge is 0.340 e. The van der Waals surface area contributed by atoms with Crippen molar-refractivity contribution in [1.29, 1.82) is 0 Å². The van der Waals surface area contributed by atoms with Gasteiger partial charge >= 0.3 is 0 Å². The van der Waals surface area contributed by atoms with Gasteiger partial charge in [0.2, 0.25) is 5.95 Å². The zero-order valence-electron chi connectivity index (χ0n) is 9.32. The van der Waals surface area contributed by atoms with Gasteiger partial charge in [0.25, 0.3) is 0 Å². The Kier molecular flexibility index (Phi) is 4.04. The summed E-state index contributed by atoms with van der Waals surface area (Å²) in [5.74, 6) is 0.247. The first kappa shape index (κ1) is 11.3. The van der Waals surface area contributed by atoms with Crippen molar-refractivity contribution >= 4 is 5.95 Å². The monoisotopic (exact) mass is 224 g/mol. The molecule has 1 aliphatic rings. The van der Waals surface area contributed by atoms with E-state index in [-0.39, 0.29) is 5.82 Å². The zero-order chi connectivity index (χ0) is 11.2. The van der Waals surface area contributed by atoms with Gasteiger partial charge in [-0.2, -0.15) is 0 Å². The first-order valence-electron chi connectivity index (χ1n) is 5.79. The average molecular weight is 224 g/mol. The van der Waals surface area contributed by atoms with Crippen LogP contribution in [0.1, 0.15) is 19.3 Å². The van der Waals surface area contributed by atoms with Crippen LogP contribution in [-0.4, -0.2) is 36.1 Å². The van der Waals surface area contributed by atoms with E-state index in [1.165, 1.54) is 25.2 Å². The SMILES string of the molecule is Fc1cnc(N2CCCCCNCC2)nc1. The molecule has 1 N–H and O–H groups in total. The van der Waals surface area contributed by atoms with Crippen molar-refractivity contribution in [3.05, 3.63) is 18.2 Å². The highest BCUT2D eigenvalue weighted by atomic mass is 19.1. The maximum Gasteiger partial charge on any atom is 0.225 e. The lowest BCUT2D eigenvalue weighted by molar-refractivity contribution is 0.608. The molecular formula is C11H17FN4. The standard InChI is InChI=1S/C11H17FN4/c12-10-8-14-11(15-9-10)16-6-3-1-2-4-13-5-7-16/h8-9,13H,1-7H2. The molecule has 1 aromatic heterocycles. The van der Waals surface area contributed by atoms with Crippen LogP contribution in [0.4, 0.5) is 10.3 Å². The van der Waals surface area contributed by atoms with Crippen LogP contribution in [0.2, 0.25) is 0 Å². The Hall–Kier alpha value is -1.23. The molecule has 0 amide bonds. The fraction of sp³-hybridized carbons (Fsp3) is 0.636. The number of aromatic nitrogens is 2. The van der Waals surface area contributed by atoms with Crippen LogP contribution < -0.4 is 10.2 Å². The molecule has 1 saturated heterocycles. The molecule has 0 aliphatic carbocycles. The Labute approximate surface area is 94.9 Å². The Morgan fingerprint density at radius 1 is 1.06 bits per heavy atom. The molecule has 2 heterocycles. The van der Waals surface area contributed by atoms with Crippen molar-refractivity contribution in [3.8, 4) is 0 Å².